The van der Waals surface area contributed by atoms with Crippen molar-refractivity contribution in [2.45, 2.75) is 37.7 Å². The van der Waals surface area contributed by atoms with Gasteiger partial charge in [0, 0.05) is 11.4 Å². The summed E-state index contributed by atoms with van der Waals surface area (Å²) in [7, 11) is 0. The molecule has 1 atom stereocenters. The van der Waals surface area contributed by atoms with E-state index < -0.39 is 11.2 Å². The standard InChI is InChI=1S/C18H19N3O2S2/c1-4-21-17(23)13-10(2)11(3)24-16(13)20-18(21)25-14(15(19)22)12-8-6-5-7-9-12/h5-9,14H,4H2,1-3H3,(H2,19,22). The van der Waals surface area contributed by atoms with Gasteiger partial charge < -0.3 is 5.73 Å². The summed E-state index contributed by atoms with van der Waals surface area (Å²) in [6.07, 6.45) is 0. The molecule has 0 aliphatic heterocycles. The Hall–Kier alpha value is -2.12. The van der Waals surface area contributed by atoms with Crippen molar-refractivity contribution < 1.29 is 4.79 Å². The number of thiophene rings is 1. The first-order chi connectivity index (χ1) is 11.9. The minimum Gasteiger partial charge on any atom is -0.368 e. The van der Waals surface area contributed by atoms with Gasteiger partial charge in [-0.1, -0.05) is 42.1 Å². The van der Waals surface area contributed by atoms with E-state index in [9.17, 15) is 9.59 Å². The quantitative estimate of drug-likeness (QED) is 0.549. The summed E-state index contributed by atoms with van der Waals surface area (Å²) in [6.45, 7) is 6.31. The Morgan fingerprint density at radius 2 is 2.00 bits per heavy atom. The van der Waals surface area contributed by atoms with Gasteiger partial charge in [0.05, 0.1) is 5.39 Å². The highest BCUT2D eigenvalue weighted by Crippen LogP contribution is 2.35. The number of hydrogen-bond acceptors (Lipinski definition) is 5. The lowest BCUT2D eigenvalue weighted by molar-refractivity contribution is -0.117. The van der Waals surface area contributed by atoms with Gasteiger partial charge in [0.1, 0.15) is 10.1 Å². The van der Waals surface area contributed by atoms with E-state index in [1.165, 1.54) is 23.1 Å². The zero-order chi connectivity index (χ0) is 18.1. The van der Waals surface area contributed by atoms with Crippen LogP contribution in [0.2, 0.25) is 0 Å². The second-order valence-electron chi connectivity index (χ2n) is 5.72. The molecular weight excluding hydrogens is 354 g/mol. The molecule has 2 aromatic heterocycles. The lowest BCUT2D eigenvalue weighted by Crippen LogP contribution is -2.24. The van der Waals surface area contributed by atoms with E-state index >= 15 is 0 Å². The summed E-state index contributed by atoms with van der Waals surface area (Å²) in [5, 5.41) is 0.600. The molecule has 5 nitrogen and oxygen atoms in total. The summed E-state index contributed by atoms with van der Waals surface area (Å²) in [5.41, 5.74) is 7.33. The van der Waals surface area contributed by atoms with E-state index in [0.29, 0.717) is 21.9 Å². The summed E-state index contributed by atoms with van der Waals surface area (Å²) in [4.78, 5) is 31.4. The first kappa shape index (κ1) is 17.7. The third-order valence-corrected chi connectivity index (χ3v) is 6.52. The summed E-state index contributed by atoms with van der Waals surface area (Å²) in [5.74, 6) is -0.452. The lowest BCUT2D eigenvalue weighted by atomic mass is 10.1. The first-order valence-electron chi connectivity index (χ1n) is 7.95. The van der Waals surface area contributed by atoms with Gasteiger partial charge in [-0.05, 0) is 31.9 Å². The Morgan fingerprint density at radius 1 is 1.32 bits per heavy atom. The normalized spacial score (nSPS) is 12.4. The average molecular weight is 374 g/mol. The molecule has 1 amide bonds. The molecule has 0 radical (unpaired) electrons. The third-order valence-electron chi connectivity index (χ3n) is 4.15. The number of nitrogens with two attached hydrogens (primary N) is 1. The van der Waals surface area contributed by atoms with E-state index in [2.05, 4.69) is 4.98 Å². The van der Waals surface area contributed by atoms with Crippen LogP contribution in [0.4, 0.5) is 0 Å². The smallest absolute Gasteiger partial charge is 0.263 e. The van der Waals surface area contributed by atoms with Gasteiger partial charge in [0.15, 0.2) is 5.16 Å². The maximum atomic E-state index is 12.9. The monoisotopic (exact) mass is 373 g/mol. The predicted octanol–water partition coefficient (Wildman–Crippen LogP) is 3.41. The molecule has 0 aliphatic carbocycles. The number of aromatic nitrogens is 2. The number of thioether (sulfide) groups is 1. The van der Waals surface area contributed by atoms with E-state index in [1.807, 2.05) is 51.1 Å². The molecule has 0 saturated carbocycles. The van der Waals surface area contributed by atoms with Crippen LogP contribution in [0.15, 0.2) is 40.3 Å². The number of amides is 1. The topological polar surface area (TPSA) is 78.0 Å². The van der Waals surface area contributed by atoms with E-state index in [0.717, 1.165) is 16.0 Å². The lowest BCUT2D eigenvalue weighted by Gasteiger charge is -2.16. The molecule has 3 rings (SSSR count). The van der Waals surface area contributed by atoms with Crippen molar-refractivity contribution in [1.82, 2.24) is 9.55 Å². The average Bonchev–Trinajstić information content (AvgIpc) is 2.87. The van der Waals surface area contributed by atoms with Gasteiger partial charge in [-0.25, -0.2) is 4.98 Å². The maximum Gasteiger partial charge on any atom is 0.263 e. The molecule has 0 aliphatic rings. The molecule has 7 heteroatoms. The van der Waals surface area contributed by atoms with Crippen molar-refractivity contribution in [2.24, 2.45) is 5.73 Å². The molecule has 2 N–H and O–H groups in total. The van der Waals surface area contributed by atoms with E-state index in [-0.39, 0.29) is 5.56 Å². The van der Waals surface area contributed by atoms with Crippen LogP contribution in [0.5, 0.6) is 0 Å². The Labute approximate surface area is 153 Å². The first-order valence-corrected chi connectivity index (χ1v) is 9.65. The van der Waals surface area contributed by atoms with Crippen molar-refractivity contribution in [1.29, 1.82) is 0 Å². The number of fused-ring (bicyclic) bond motifs is 1. The van der Waals surface area contributed by atoms with Crippen molar-refractivity contribution in [3.8, 4) is 0 Å². The van der Waals surface area contributed by atoms with Crippen LogP contribution in [0.25, 0.3) is 10.2 Å². The van der Waals surface area contributed by atoms with Crippen LogP contribution < -0.4 is 11.3 Å². The summed E-state index contributed by atoms with van der Waals surface area (Å²) >= 11 is 2.73. The molecule has 0 saturated heterocycles. The molecular formula is C18H19N3O2S2. The molecule has 2 heterocycles. The zero-order valence-electron chi connectivity index (χ0n) is 14.3. The minimum atomic E-state index is -0.592. The number of nitrogens with zero attached hydrogens (tertiary/aromatic N) is 2. The predicted molar refractivity (Wildman–Crippen MR) is 103 cm³/mol. The summed E-state index contributed by atoms with van der Waals surface area (Å²) < 4.78 is 1.62. The zero-order valence-corrected chi connectivity index (χ0v) is 15.9. The van der Waals surface area contributed by atoms with Crippen molar-refractivity contribution in [3.63, 3.8) is 0 Å². The highest BCUT2D eigenvalue weighted by atomic mass is 32.2. The second kappa shape index (κ2) is 7.01. The van der Waals surface area contributed by atoms with Crippen LogP contribution in [-0.4, -0.2) is 15.5 Å². The van der Waals surface area contributed by atoms with Crippen molar-refractivity contribution in [3.05, 3.63) is 56.7 Å². The Kier molecular flexibility index (Phi) is 4.96. The van der Waals surface area contributed by atoms with E-state index in [4.69, 9.17) is 5.73 Å². The highest BCUT2D eigenvalue weighted by molar-refractivity contribution is 8.00. The number of aryl methyl sites for hydroxylation is 2. The van der Waals surface area contributed by atoms with Gasteiger partial charge in [0.2, 0.25) is 5.91 Å². The van der Waals surface area contributed by atoms with Gasteiger partial charge >= 0.3 is 0 Å². The van der Waals surface area contributed by atoms with Gasteiger partial charge in [0.25, 0.3) is 5.56 Å². The fourth-order valence-electron chi connectivity index (χ4n) is 2.70. The number of primary amides is 1. The van der Waals surface area contributed by atoms with Crippen molar-refractivity contribution >= 4 is 39.2 Å². The fourth-order valence-corrected chi connectivity index (χ4v) is 4.88. The fraction of sp³-hybridized carbons (Fsp3) is 0.278. The molecule has 0 fully saturated rings. The van der Waals surface area contributed by atoms with Gasteiger partial charge in [-0.15, -0.1) is 11.3 Å². The number of rotatable bonds is 5. The molecule has 1 unspecified atom stereocenters. The Morgan fingerprint density at radius 3 is 2.60 bits per heavy atom. The Bertz CT molecular complexity index is 993. The molecule has 25 heavy (non-hydrogen) atoms. The summed E-state index contributed by atoms with van der Waals surface area (Å²) in [6, 6.07) is 9.32. The maximum absolute atomic E-state index is 12.9. The molecule has 1 aromatic carbocycles. The van der Waals surface area contributed by atoms with Gasteiger partial charge in [-0.3, -0.25) is 14.2 Å². The van der Waals surface area contributed by atoms with Crippen LogP contribution in [0.3, 0.4) is 0 Å². The third kappa shape index (κ3) is 3.21. The number of hydrogen-bond donors (Lipinski definition) is 1. The number of carbonyl (C=O) groups is 1. The van der Waals surface area contributed by atoms with Crippen LogP contribution in [-0.2, 0) is 11.3 Å². The SMILES string of the molecule is CCn1c(SC(C(N)=O)c2ccccc2)nc2sc(C)c(C)c2c1=O. The molecule has 0 bridgehead atoms. The van der Waals surface area contributed by atoms with Crippen LogP contribution in [0.1, 0.15) is 28.2 Å². The molecule has 3 aromatic rings. The molecule has 130 valence electrons. The van der Waals surface area contributed by atoms with E-state index in [1.54, 1.807) is 4.57 Å². The molecule has 0 spiro atoms. The Balaban J connectivity index is 2.14. The number of carbonyl (C=O) groups excluding carboxylic acids is 1. The van der Waals surface area contributed by atoms with Crippen LogP contribution >= 0.6 is 23.1 Å². The van der Waals surface area contributed by atoms with Crippen LogP contribution in [0, 0.1) is 13.8 Å². The minimum absolute atomic E-state index is 0.0619. The number of benzene rings is 1. The second-order valence-corrected chi connectivity index (χ2v) is 7.99. The largest absolute Gasteiger partial charge is 0.368 e. The van der Waals surface area contributed by atoms with Crippen molar-refractivity contribution in [2.75, 3.05) is 0 Å². The highest BCUT2D eigenvalue weighted by Gasteiger charge is 2.23. The van der Waals surface area contributed by atoms with Gasteiger partial charge in [-0.2, -0.15) is 0 Å².